The molecule has 1 aliphatic carbocycles. The largest absolute Gasteiger partial charge is 0.481 e. The second-order valence-corrected chi connectivity index (χ2v) is 7.39. The molecule has 116 valence electrons. The summed E-state index contributed by atoms with van der Waals surface area (Å²) in [5.74, 6) is -0.905. The van der Waals surface area contributed by atoms with E-state index >= 15 is 0 Å². The standard InChI is InChI=1S/C15H28N2O3/c1-14(2)8-6-11(7-9-14)17(5)13(20)16-15(3,4)10-12(18)19/h11H,6-10H2,1-5H3,(H,16,20)(H,18,19). The molecular formula is C15H28N2O3. The van der Waals surface area contributed by atoms with Crippen LogP contribution in [0, 0.1) is 5.41 Å². The van der Waals surface area contributed by atoms with Crippen molar-refractivity contribution in [3.8, 4) is 0 Å². The van der Waals surface area contributed by atoms with E-state index in [1.807, 2.05) is 0 Å². The van der Waals surface area contributed by atoms with Crippen LogP contribution in [0.15, 0.2) is 0 Å². The molecular weight excluding hydrogens is 256 g/mol. The number of rotatable bonds is 4. The van der Waals surface area contributed by atoms with E-state index in [2.05, 4.69) is 19.2 Å². The minimum atomic E-state index is -0.905. The molecule has 0 aromatic carbocycles. The molecule has 5 heteroatoms. The average Bonchev–Trinajstić information content (AvgIpc) is 2.25. The zero-order valence-electron chi connectivity index (χ0n) is 13.3. The van der Waals surface area contributed by atoms with Crippen LogP contribution in [0.5, 0.6) is 0 Å². The Morgan fingerprint density at radius 3 is 2.25 bits per heavy atom. The summed E-state index contributed by atoms with van der Waals surface area (Å²) in [5, 5.41) is 11.7. The number of carboxylic acid groups (broad SMARTS) is 1. The second-order valence-electron chi connectivity index (χ2n) is 7.39. The molecule has 5 nitrogen and oxygen atoms in total. The van der Waals surface area contributed by atoms with Crippen molar-refractivity contribution in [1.82, 2.24) is 10.2 Å². The Balaban J connectivity index is 2.53. The number of nitrogens with zero attached hydrogens (tertiary/aromatic N) is 1. The summed E-state index contributed by atoms with van der Waals surface area (Å²) in [5.41, 5.74) is -0.360. The van der Waals surface area contributed by atoms with Crippen LogP contribution in [-0.4, -0.2) is 40.6 Å². The highest BCUT2D eigenvalue weighted by Crippen LogP contribution is 2.36. The SMILES string of the molecule is CN(C(=O)NC(C)(C)CC(=O)O)C1CCC(C)(C)CC1. The predicted octanol–water partition coefficient (Wildman–Crippen LogP) is 2.85. The third-order valence-electron chi connectivity index (χ3n) is 4.22. The average molecular weight is 284 g/mol. The highest BCUT2D eigenvalue weighted by atomic mass is 16.4. The zero-order valence-corrected chi connectivity index (χ0v) is 13.3. The van der Waals surface area contributed by atoms with E-state index in [4.69, 9.17) is 5.11 Å². The van der Waals surface area contributed by atoms with Gasteiger partial charge in [0.05, 0.1) is 6.42 Å². The van der Waals surface area contributed by atoms with Crippen molar-refractivity contribution in [3.63, 3.8) is 0 Å². The summed E-state index contributed by atoms with van der Waals surface area (Å²) in [6.07, 6.45) is 4.18. The lowest BCUT2D eigenvalue weighted by molar-refractivity contribution is -0.138. The first-order valence-corrected chi connectivity index (χ1v) is 7.29. The van der Waals surface area contributed by atoms with Crippen molar-refractivity contribution < 1.29 is 14.7 Å². The van der Waals surface area contributed by atoms with Crippen LogP contribution in [-0.2, 0) is 4.79 Å². The van der Waals surface area contributed by atoms with E-state index in [9.17, 15) is 9.59 Å². The summed E-state index contributed by atoms with van der Waals surface area (Å²) in [7, 11) is 1.80. The number of carboxylic acids is 1. The molecule has 1 rings (SSSR count). The maximum absolute atomic E-state index is 12.2. The third kappa shape index (κ3) is 5.02. The fourth-order valence-electron chi connectivity index (χ4n) is 2.74. The topological polar surface area (TPSA) is 69.6 Å². The van der Waals surface area contributed by atoms with Crippen LogP contribution in [0.25, 0.3) is 0 Å². The van der Waals surface area contributed by atoms with Gasteiger partial charge in [-0.3, -0.25) is 4.79 Å². The first-order chi connectivity index (χ1) is 9.02. The molecule has 0 aromatic rings. The number of hydrogen-bond acceptors (Lipinski definition) is 2. The van der Waals surface area contributed by atoms with Gasteiger partial charge in [0.2, 0.25) is 0 Å². The number of carbonyl (C=O) groups is 2. The Bertz CT molecular complexity index is 367. The highest BCUT2D eigenvalue weighted by molar-refractivity contribution is 5.76. The maximum atomic E-state index is 12.2. The van der Waals surface area contributed by atoms with E-state index in [0.29, 0.717) is 5.41 Å². The summed E-state index contributed by atoms with van der Waals surface area (Å²) < 4.78 is 0. The molecule has 0 aliphatic heterocycles. The van der Waals surface area contributed by atoms with Crippen molar-refractivity contribution >= 4 is 12.0 Å². The zero-order chi connectivity index (χ0) is 15.6. The smallest absolute Gasteiger partial charge is 0.317 e. The molecule has 0 spiro atoms. The van der Waals surface area contributed by atoms with Crippen LogP contribution < -0.4 is 5.32 Å². The molecule has 20 heavy (non-hydrogen) atoms. The van der Waals surface area contributed by atoms with E-state index in [-0.39, 0.29) is 18.5 Å². The summed E-state index contributed by atoms with van der Waals surface area (Å²) >= 11 is 0. The Hall–Kier alpha value is -1.26. The molecule has 2 N–H and O–H groups in total. The van der Waals surface area contributed by atoms with Crippen LogP contribution >= 0.6 is 0 Å². The van der Waals surface area contributed by atoms with Crippen LogP contribution in [0.2, 0.25) is 0 Å². The van der Waals surface area contributed by atoms with Gasteiger partial charge in [-0.25, -0.2) is 4.79 Å². The first kappa shape index (κ1) is 16.8. The number of amides is 2. The lowest BCUT2D eigenvalue weighted by Crippen LogP contribution is -2.53. The van der Waals surface area contributed by atoms with E-state index in [1.54, 1.807) is 25.8 Å². The predicted molar refractivity (Wildman–Crippen MR) is 78.7 cm³/mol. The Morgan fingerprint density at radius 1 is 1.30 bits per heavy atom. The summed E-state index contributed by atoms with van der Waals surface area (Å²) in [4.78, 5) is 24.7. The van der Waals surface area contributed by atoms with Gasteiger partial charge in [0.15, 0.2) is 0 Å². The normalized spacial score (nSPS) is 19.4. The minimum Gasteiger partial charge on any atom is -0.481 e. The van der Waals surface area contributed by atoms with Crippen molar-refractivity contribution in [2.45, 2.75) is 71.4 Å². The van der Waals surface area contributed by atoms with Gasteiger partial charge in [0, 0.05) is 18.6 Å². The molecule has 0 bridgehead atoms. The van der Waals surface area contributed by atoms with Crippen LogP contribution in [0.1, 0.15) is 59.8 Å². The second kappa shape index (κ2) is 6.02. The molecule has 1 aliphatic rings. The first-order valence-electron chi connectivity index (χ1n) is 7.29. The van der Waals surface area contributed by atoms with Crippen LogP contribution in [0.4, 0.5) is 4.79 Å². The molecule has 1 saturated carbocycles. The molecule has 1 fully saturated rings. The van der Waals surface area contributed by atoms with E-state index in [0.717, 1.165) is 25.7 Å². The van der Waals surface area contributed by atoms with Gasteiger partial charge in [0.1, 0.15) is 0 Å². The van der Waals surface area contributed by atoms with Gasteiger partial charge in [0.25, 0.3) is 0 Å². The van der Waals surface area contributed by atoms with E-state index < -0.39 is 11.5 Å². The summed E-state index contributed by atoms with van der Waals surface area (Å²) in [6.45, 7) is 7.99. The monoisotopic (exact) mass is 284 g/mol. The molecule has 0 aromatic heterocycles. The van der Waals surface area contributed by atoms with Crippen molar-refractivity contribution in [1.29, 1.82) is 0 Å². The molecule has 0 radical (unpaired) electrons. The highest BCUT2D eigenvalue weighted by Gasteiger charge is 2.32. The molecule has 2 amide bonds. The Morgan fingerprint density at radius 2 is 1.80 bits per heavy atom. The van der Waals surface area contributed by atoms with Gasteiger partial charge in [-0.05, 0) is 44.9 Å². The maximum Gasteiger partial charge on any atom is 0.317 e. The van der Waals surface area contributed by atoms with Gasteiger partial charge >= 0.3 is 12.0 Å². The fourth-order valence-corrected chi connectivity index (χ4v) is 2.74. The van der Waals surface area contributed by atoms with Crippen LogP contribution in [0.3, 0.4) is 0 Å². The lowest BCUT2D eigenvalue weighted by atomic mass is 9.75. The molecule has 0 unspecified atom stereocenters. The molecule has 0 heterocycles. The number of aliphatic carboxylic acids is 1. The van der Waals surface area contributed by atoms with Gasteiger partial charge < -0.3 is 15.3 Å². The minimum absolute atomic E-state index is 0.0791. The molecule has 0 atom stereocenters. The number of urea groups is 1. The third-order valence-corrected chi connectivity index (χ3v) is 4.22. The van der Waals surface area contributed by atoms with E-state index in [1.165, 1.54) is 0 Å². The quantitative estimate of drug-likeness (QED) is 0.834. The van der Waals surface area contributed by atoms with Gasteiger partial charge in [-0.15, -0.1) is 0 Å². The number of carbonyl (C=O) groups excluding carboxylic acids is 1. The Labute approximate surface area is 121 Å². The fraction of sp³-hybridized carbons (Fsp3) is 0.867. The van der Waals surface area contributed by atoms with Gasteiger partial charge in [-0.1, -0.05) is 13.8 Å². The number of nitrogens with one attached hydrogen (secondary N) is 1. The Kier molecular flexibility index (Phi) is 5.05. The lowest BCUT2D eigenvalue weighted by Gasteiger charge is -2.39. The summed E-state index contributed by atoms with van der Waals surface area (Å²) in [6, 6.07) is 0.0737. The molecule has 0 saturated heterocycles. The number of hydrogen-bond donors (Lipinski definition) is 2. The van der Waals surface area contributed by atoms with Crippen molar-refractivity contribution in [2.75, 3.05) is 7.05 Å². The van der Waals surface area contributed by atoms with Crippen molar-refractivity contribution in [2.24, 2.45) is 5.41 Å². The van der Waals surface area contributed by atoms with Crippen molar-refractivity contribution in [3.05, 3.63) is 0 Å². The van der Waals surface area contributed by atoms with Gasteiger partial charge in [-0.2, -0.15) is 0 Å².